The highest BCUT2D eigenvalue weighted by Crippen LogP contribution is 2.41. The fraction of sp³-hybridized carbons (Fsp3) is 0.103. The van der Waals surface area contributed by atoms with E-state index in [1.807, 2.05) is 77.4 Å². The summed E-state index contributed by atoms with van der Waals surface area (Å²) in [5.41, 5.74) is 6.83. The van der Waals surface area contributed by atoms with Crippen molar-refractivity contribution in [1.29, 1.82) is 0 Å². The second-order valence-electron chi connectivity index (χ2n) is 8.46. The van der Waals surface area contributed by atoms with Crippen LogP contribution in [-0.4, -0.2) is 4.57 Å². The molecule has 2 aliphatic rings. The third-order valence-electron chi connectivity index (χ3n) is 6.39. The average molecular weight is 481 g/mol. The molecule has 2 heterocycles. The minimum absolute atomic E-state index is 0.00757. The number of benzene rings is 3. The lowest BCUT2D eigenvalue weighted by Crippen LogP contribution is -2.38. The van der Waals surface area contributed by atoms with E-state index in [-0.39, 0.29) is 11.6 Å². The summed E-state index contributed by atoms with van der Waals surface area (Å²) in [5.74, 6) is 0. The number of hydrogen-bond acceptors (Lipinski definition) is 3. The Labute approximate surface area is 206 Å². The van der Waals surface area contributed by atoms with Gasteiger partial charge in [-0.25, -0.2) is 4.99 Å². The van der Waals surface area contributed by atoms with Gasteiger partial charge in [0.15, 0.2) is 4.80 Å². The Hall–Kier alpha value is -3.47. The Bertz CT molecular complexity index is 1630. The van der Waals surface area contributed by atoms with Gasteiger partial charge >= 0.3 is 0 Å². The minimum Gasteiger partial charge on any atom is -0.272 e. The number of fused-ring (bicyclic) bond motifs is 3. The van der Waals surface area contributed by atoms with Crippen LogP contribution in [0, 0.1) is 0 Å². The molecule has 1 aliphatic carbocycles. The number of aryl methyl sites for hydroxylation is 1. The zero-order valence-electron chi connectivity index (χ0n) is 18.3. The van der Waals surface area contributed by atoms with Gasteiger partial charge in [-0.2, -0.15) is 0 Å². The summed E-state index contributed by atoms with van der Waals surface area (Å²) in [5, 5.41) is 0.686. The van der Waals surface area contributed by atoms with Crippen molar-refractivity contribution in [2.75, 3.05) is 0 Å². The lowest BCUT2D eigenvalue weighted by atomic mass is 9.83. The molecule has 34 heavy (non-hydrogen) atoms. The van der Waals surface area contributed by atoms with E-state index in [2.05, 4.69) is 24.3 Å². The molecule has 0 spiro atoms. The van der Waals surface area contributed by atoms with Gasteiger partial charge in [-0.1, -0.05) is 102 Å². The van der Waals surface area contributed by atoms with Crippen LogP contribution in [0.4, 0.5) is 0 Å². The Morgan fingerprint density at radius 3 is 2.53 bits per heavy atom. The first-order chi connectivity index (χ1) is 16.7. The highest BCUT2D eigenvalue weighted by atomic mass is 35.5. The summed E-state index contributed by atoms with van der Waals surface area (Å²) in [7, 11) is 0. The number of hydrogen-bond donors (Lipinski definition) is 0. The first kappa shape index (κ1) is 21.1. The van der Waals surface area contributed by atoms with Crippen LogP contribution in [0.3, 0.4) is 0 Å². The van der Waals surface area contributed by atoms with Crippen molar-refractivity contribution in [3.05, 3.63) is 137 Å². The third-order valence-corrected chi connectivity index (χ3v) is 7.65. The summed E-state index contributed by atoms with van der Waals surface area (Å²) >= 11 is 7.63. The number of halogens is 1. The topological polar surface area (TPSA) is 34.4 Å². The molecular weight excluding hydrogens is 460 g/mol. The fourth-order valence-electron chi connectivity index (χ4n) is 4.79. The van der Waals surface area contributed by atoms with Gasteiger partial charge in [0.1, 0.15) is 0 Å². The zero-order chi connectivity index (χ0) is 23.1. The van der Waals surface area contributed by atoms with Crippen LogP contribution in [0.25, 0.3) is 17.8 Å². The molecule has 1 atom stereocenters. The molecule has 1 unspecified atom stereocenters. The summed E-state index contributed by atoms with van der Waals surface area (Å²) in [6.07, 6.45) is 7.66. The van der Waals surface area contributed by atoms with Gasteiger partial charge in [-0.15, -0.1) is 0 Å². The molecule has 166 valence electrons. The number of nitrogens with zero attached hydrogens (tertiary/aromatic N) is 2. The Kier molecular flexibility index (Phi) is 5.40. The lowest BCUT2D eigenvalue weighted by Gasteiger charge is -2.30. The number of thiazole rings is 1. The normalized spacial score (nSPS) is 17.3. The molecule has 3 aromatic carbocycles. The van der Waals surface area contributed by atoms with Crippen LogP contribution in [0.1, 0.15) is 34.7 Å². The van der Waals surface area contributed by atoms with E-state index in [1.54, 1.807) is 0 Å². The van der Waals surface area contributed by atoms with Crippen molar-refractivity contribution in [3.8, 4) is 0 Å². The fourth-order valence-corrected chi connectivity index (χ4v) is 5.87. The van der Waals surface area contributed by atoms with Gasteiger partial charge in [0.25, 0.3) is 5.56 Å². The van der Waals surface area contributed by atoms with E-state index in [4.69, 9.17) is 16.6 Å². The Balaban J connectivity index is 1.54. The third kappa shape index (κ3) is 3.69. The van der Waals surface area contributed by atoms with Crippen molar-refractivity contribution in [2.24, 2.45) is 4.99 Å². The van der Waals surface area contributed by atoms with Crippen molar-refractivity contribution < 1.29 is 0 Å². The number of rotatable bonds is 3. The van der Waals surface area contributed by atoms with Crippen molar-refractivity contribution in [3.63, 3.8) is 0 Å². The Morgan fingerprint density at radius 1 is 0.941 bits per heavy atom. The molecule has 0 N–H and O–H groups in total. The zero-order valence-corrected chi connectivity index (χ0v) is 19.9. The SMILES string of the molecule is O=c1c(=C/C=C/c2ccccc2)sc2n1C(c1ccc(Cl)cc1)C1=C(N=2)c2ccccc2CC1. The van der Waals surface area contributed by atoms with E-state index >= 15 is 0 Å². The number of allylic oxidation sites excluding steroid dienone is 2. The molecule has 6 rings (SSSR count). The Morgan fingerprint density at radius 2 is 1.71 bits per heavy atom. The quantitative estimate of drug-likeness (QED) is 0.374. The molecule has 0 bridgehead atoms. The standard InChI is InChI=1S/C29H21ClN2OS/c30-22-16-13-21(14-17-22)27-24-18-15-20-10-4-5-11-23(20)26(24)31-29-32(27)28(33)25(34-29)12-6-9-19-7-2-1-3-8-19/h1-14,16-17,27H,15,18H2/b9-6+,25-12?. The second-order valence-corrected chi connectivity index (χ2v) is 9.90. The predicted molar refractivity (Wildman–Crippen MR) is 141 cm³/mol. The molecule has 0 saturated carbocycles. The molecular formula is C29H21ClN2OS. The first-order valence-corrected chi connectivity index (χ1v) is 12.5. The van der Waals surface area contributed by atoms with Gasteiger partial charge in [0, 0.05) is 10.6 Å². The molecule has 5 heteroatoms. The monoisotopic (exact) mass is 480 g/mol. The minimum atomic E-state index is -0.183. The van der Waals surface area contributed by atoms with Gasteiger partial charge in [0.2, 0.25) is 0 Å². The van der Waals surface area contributed by atoms with Crippen LogP contribution >= 0.6 is 22.9 Å². The molecule has 0 saturated heterocycles. The summed E-state index contributed by atoms with van der Waals surface area (Å²) < 4.78 is 2.54. The van der Waals surface area contributed by atoms with E-state index in [0.717, 1.165) is 34.5 Å². The van der Waals surface area contributed by atoms with Crippen molar-refractivity contribution in [1.82, 2.24) is 4.57 Å². The average Bonchev–Trinajstić information content (AvgIpc) is 3.19. The van der Waals surface area contributed by atoms with E-state index in [9.17, 15) is 4.79 Å². The van der Waals surface area contributed by atoms with E-state index in [0.29, 0.717) is 9.55 Å². The summed E-state index contributed by atoms with van der Waals surface area (Å²) in [6, 6.07) is 26.2. The molecule has 0 radical (unpaired) electrons. The molecule has 1 aromatic heterocycles. The summed E-state index contributed by atoms with van der Waals surface area (Å²) in [6.45, 7) is 0. The maximum atomic E-state index is 13.6. The lowest BCUT2D eigenvalue weighted by molar-refractivity contribution is 0.585. The highest BCUT2D eigenvalue weighted by molar-refractivity contribution is 7.07. The van der Waals surface area contributed by atoms with Crippen molar-refractivity contribution >= 4 is 40.8 Å². The molecule has 0 amide bonds. The maximum absolute atomic E-state index is 13.6. The van der Waals surface area contributed by atoms with Crippen LogP contribution in [0.2, 0.25) is 5.02 Å². The molecule has 4 aromatic rings. The highest BCUT2D eigenvalue weighted by Gasteiger charge is 2.32. The van der Waals surface area contributed by atoms with Gasteiger partial charge in [-0.05, 0) is 53.3 Å². The smallest absolute Gasteiger partial charge is 0.271 e. The van der Waals surface area contributed by atoms with E-state index in [1.165, 1.54) is 28.0 Å². The second kappa shape index (κ2) is 8.71. The number of aromatic nitrogens is 1. The first-order valence-electron chi connectivity index (χ1n) is 11.3. The largest absolute Gasteiger partial charge is 0.272 e. The molecule has 3 nitrogen and oxygen atoms in total. The predicted octanol–water partition coefficient (Wildman–Crippen LogP) is 5.64. The maximum Gasteiger partial charge on any atom is 0.271 e. The van der Waals surface area contributed by atoms with Gasteiger partial charge in [-0.3, -0.25) is 9.36 Å². The van der Waals surface area contributed by atoms with Crippen LogP contribution in [0.5, 0.6) is 0 Å². The van der Waals surface area contributed by atoms with Crippen LogP contribution in [0.15, 0.2) is 100 Å². The molecule has 0 fully saturated rings. The van der Waals surface area contributed by atoms with Crippen LogP contribution < -0.4 is 14.9 Å². The van der Waals surface area contributed by atoms with Crippen molar-refractivity contribution in [2.45, 2.75) is 18.9 Å². The van der Waals surface area contributed by atoms with Crippen LogP contribution in [-0.2, 0) is 6.42 Å². The van der Waals surface area contributed by atoms with Gasteiger partial charge < -0.3 is 0 Å². The van der Waals surface area contributed by atoms with E-state index < -0.39 is 0 Å². The summed E-state index contributed by atoms with van der Waals surface area (Å²) in [4.78, 5) is 19.4. The van der Waals surface area contributed by atoms with Gasteiger partial charge in [0.05, 0.1) is 16.3 Å². The molecule has 1 aliphatic heterocycles.